The number of carbonyl (C=O) groups excluding carboxylic acids is 3. The fourth-order valence-electron chi connectivity index (χ4n) is 3.62. The van der Waals surface area contributed by atoms with Crippen molar-refractivity contribution in [2.24, 2.45) is 0 Å². The van der Waals surface area contributed by atoms with Crippen LogP contribution >= 0.6 is 11.6 Å². The standard InChI is InChI=1S/C22H24ClN5O3/c1-4-21(30)27-6-7-28(14(3)29)20(12-27)16-8-15(9-17(23)10-16)18-11-19(26-13-25-18)22(31)24-5-2/h4,8-11,13,20H,1,5-7,12H2,2-3H3,(H,24,31)/t20-/m0/s1. The third-order valence-corrected chi connectivity index (χ3v) is 5.33. The SMILES string of the molecule is C=CC(=O)N1CCN(C(C)=O)[C@H](c2cc(Cl)cc(-c3cc(C(=O)NCC)ncn3)c2)C1. The Morgan fingerprint density at radius 1 is 1.23 bits per heavy atom. The first-order valence-electron chi connectivity index (χ1n) is 9.93. The third-order valence-electron chi connectivity index (χ3n) is 5.11. The smallest absolute Gasteiger partial charge is 0.270 e. The van der Waals surface area contributed by atoms with Crippen LogP contribution in [0.1, 0.15) is 35.9 Å². The predicted octanol–water partition coefficient (Wildman–Crippen LogP) is 2.46. The summed E-state index contributed by atoms with van der Waals surface area (Å²) < 4.78 is 0. The van der Waals surface area contributed by atoms with Gasteiger partial charge in [-0.25, -0.2) is 9.97 Å². The number of aromatic nitrogens is 2. The van der Waals surface area contributed by atoms with E-state index in [0.29, 0.717) is 42.5 Å². The number of hydrogen-bond acceptors (Lipinski definition) is 5. The molecule has 1 aliphatic rings. The molecule has 0 spiro atoms. The molecule has 2 aromatic rings. The Hall–Kier alpha value is -3.26. The van der Waals surface area contributed by atoms with Crippen molar-refractivity contribution in [2.45, 2.75) is 19.9 Å². The van der Waals surface area contributed by atoms with Gasteiger partial charge in [0, 0.05) is 43.7 Å². The Kier molecular flexibility index (Phi) is 7.02. The van der Waals surface area contributed by atoms with Crippen LogP contribution < -0.4 is 5.32 Å². The zero-order chi connectivity index (χ0) is 22.5. The number of piperazine rings is 1. The Bertz CT molecular complexity index is 1030. The molecule has 1 N–H and O–H groups in total. The summed E-state index contributed by atoms with van der Waals surface area (Å²) >= 11 is 6.40. The highest BCUT2D eigenvalue weighted by atomic mass is 35.5. The monoisotopic (exact) mass is 441 g/mol. The van der Waals surface area contributed by atoms with Gasteiger partial charge in [-0.05, 0) is 42.8 Å². The summed E-state index contributed by atoms with van der Waals surface area (Å²) in [5.41, 5.74) is 2.24. The molecule has 2 heterocycles. The molecule has 1 saturated heterocycles. The van der Waals surface area contributed by atoms with E-state index in [1.165, 1.54) is 19.3 Å². The molecule has 9 heteroatoms. The van der Waals surface area contributed by atoms with Crippen molar-refractivity contribution >= 4 is 29.3 Å². The van der Waals surface area contributed by atoms with Crippen molar-refractivity contribution in [2.75, 3.05) is 26.2 Å². The lowest BCUT2D eigenvalue weighted by Gasteiger charge is -2.41. The van der Waals surface area contributed by atoms with E-state index in [1.807, 2.05) is 13.0 Å². The molecule has 0 bridgehead atoms. The first-order chi connectivity index (χ1) is 14.8. The van der Waals surface area contributed by atoms with Crippen LogP contribution in [0.4, 0.5) is 0 Å². The van der Waals surface area contributed by atoms with E-state index in [0.717, 1.165) is 5.56 Å². The molecular weight excluding hydrogens is 418 g/mol. The molecule has 162 valence electrons. The van der Waals surface area contributed by atoms with E-state index in [9.17, 15) is 14.4 Å². The van der Waals surface area contributed by atoms with Crippen molar-refractivity contribution in [1.82, 2.24) is 25.1 Å². The fraction of sp³-hybridized carbons (Fsp3) is 0.318. The van der Waals surface area contributed by atoms with Gasteiger partial charge in [-0.2, -0.15) is 0 Å². The molecule has 0 radical (unpaired) electrons. The van der Waals surface area contributed by atoms with E-state index < -0.39 is 0 Å². The predicted molar refractivity (Wildman–Crippen MR) is 117 cm³/mol. The van der Waals surface area contributed by atoms with Gasteiger partial charge in [0.25, 0.3) is 5.91 Å². The topological polar surface area (TPSA) is 95.5 Å². The number of carbonyl (C=O) groups is 3. The Morgan fingerprint density at radius 2 is 2.00 bits per heavy atom. The van der Waals surface area contributed by atoms with E-state index in [2.05, 4.69) is 21.9 Å². The average molecular weight is 442 g/mol. The summed E-state index contributed by atoms with van der Waals surface area (Å²) in [6.45, 7) is 8.56. The highest BCUT2D eigenvalue weighted by Crippen LogP contribution is 2.32. The molecule has 0 saturated carbocycles. The van der Waals surface area contributed by atoms with Gasteiger partial charge in [-0.3, -0.25) is 14.4 Å². The number of rotatable bonds is 5. The molecule has 1 aromatic heterocycles. The third kappa shape index (κ3) is 5.08. The number of halogens is 1. The fourth-order valence-corrected chi connectivity index (χ4v) is 3.86. The first kappa shape index (κ1) is 22.4. The molecule has 0 aliphatic carbocycles. The lowest BCUT2D eigenvalue weighted by Crippen LogP contribution is -2.51. The van der Waals surface area contributed by atoms with Crippen molar-refractivity contribution in [3.8, 4) is 11.3 Å². The van der Waals surface area contributed by atoms with Crippen LogP contribution in [0.25, 0.3) is 11.3 Å². The largest absolute Gasteiger partial charge is 0.351 e. The first-order valence-corrected chi connectivity index (χ1v) is 10.3. The van der Waals surface area contributed by atoms with E-state index in [1.54, 1.807) is 28.0 Å². The second kappa shape index (κ2) is 9.70. The maximum absolute atomic E-state index is 12.3. The van der Waals surface area contributed by atoms with Crippen molar-refractivity contribution < 1.29 is 14.4 Å². The van der Waals surface area contributed by atoms with E-state index in [-0.39, 0.29) is 29.5 Å². The van der Waals surface area contributed by atoms with E-state index >= 15 is 0 Å². The molecule has 3 rings (SSSR count). The number of amides is 3. The molecule has 0 unspecified atom stereocenters. The Labute approximate surface area is 185 Å². The number of nitrogens with one attached hydrogen (secondary N) is 1. The molecule has 31 heavy (non-hydrogen) atoms. The van der Waals surface area contributed by atoms with Crippen LogP contribution in [-0.4, -0.2) is 63.7 Å². The minimum absolute atomic E-state index is 0.0854. The van der Waals surface area contributed by atoms with Crippen molar-refractivity contribution in [3.63, 3.8) is 0 Å². The number of hydrogen-bond donors (Lipinski definition) is 1. The summed E-state index contributed by atoms with van der Waals surface area (Å²) in [4.78, 5) is 48.2. The number of benzene rings is 1. The van der Waals surface area contributed by atoms with Gasteiger partial charge in [-0.15, -0.1) is 0 Å². The van der Waals surface area contributed by atoms with Gasteiger partial charge in [0.15, 0.2) is 0 Å². The summed E-state index contributed by atoms with van der Waals surface area (Å²) in [7, 11) is 0. The zero-order valence-corrected chi connectivity index (χ0v) is 18.2. The molecule has 3 amide bonds. The van der Waals surface area contributed by atoms with Crippen molar-refractivity contribution in [1.29, 1.82) is 0 Å². The van der Waals surface area contributed by atoms with Crippen LogP contribution in [0.3, 0.4) is 0 Å². The summed E-state index contributed by atoms with van der Waals surface area (Å²) in [5.74, 6) is -0.558. The average Bonchev–Trinajstić information content (AvgIpc) is 2.77. The zero-order valence-electron chi connectivity index (χ0n) is 17.5. The van der Waals surface area contributed by atoms with Crippen LogP contribution in [0.15, 0.2) is 43.2 Å². The summed E-state index contributed by atoms with van der Waals surface area (Å²) in [6.07, 6.45) is 2.60. The highest BCUT2D eigenvalue weighted by molar-refractivity contribution is 6.31. The minimum Gasteiger partial charge on any atom is -0.351 e. The van der Waals surface area contributed by atoms with E-state index in [4.69, 9.17) is 11.6 Å². The molecule has 1 atom stereocenters. The molecule has 1 fully saturated rings. The van der Waals surface area contributed by atoms with Crippen LogP contribution in [-0.2, 0) is 9.59 Å². The Balaban J connectivity index is 2.00. The van der Waals surface area contributed by atoms with Crippen LogP contribution in [0.5, 0.6) is 0 Å². The van der Waals surface area contributed by atoms with Crippen LogP contribution in [0.2, 0.25) is 5.02 Å². The minimum atomic E-state index is -0.364. The van der Waals surface area contributed by atoms with Gasteiger partial charge in [0.05, 0.1) is 11.7 Å². The summed E-state index contributed by atoms with van der Waals surface area (Å²) in [6, 6.07) is 6.62. The summed E-state index contributed by atoms with van der Waals surface area (Å²) in [5, 5.41) is 3.17. The van der Waals surface area contributed by atoms with Gasteiger partial charge in [-0.1, -0.05) is 18.2 Å². The number of nitrogens with zero attached hydrogens (tertiary/aromatic N) is 4. The van der Waals surface area contributed by atoms with Crippen LogP contribution in [0, 0.1) is 0 Å². The van der Waals surface area contributed by atoms with Gasteiger partial charge in [0.1, 0.15) is 12.0 Å². The van der Waals surface area contributed by atoms with Gasteiger partial charge < -0.3 is 15.1 Å². The van der Waals surface area contributed by atoms with Crippen molar-refractivity contribution in [3.05, 3.63) is 59.5 Å². The lowest BCUT2D eigenvalue weighted by molar-refractivity contribution is -0.139. The van der Waals surface area contributed by atoms with Gasteiger partial charge >= 0.3 is 0 Å². The molecule has 1 aliphatic heterocycles. The molecular formula is C22H24ClN5O3. The Morgan fingerprint density at radius 3 is 2.68 bits per heavy atom. The maximum atomic E-state index is 12.3. The maximum Gasteiger partial charge on any atom is 0.270 e. The quantitative estimate of drug-likeness (QED) is 0.719. The highest BCUT2D eigenvalue weighted by Gasteiger charge is 2.31. The molecule has 1 aromatic carbocycles. The molecule has 8 nitrogen and oxygen atoms in total. The normalized spacial score (nSPS) is 16.0. The van der Waals surface area contributed by atoms with Gasteiger partial charge in [0.2, 0.25) is 11.8 Å². The second-order valence-electron chi connectivity index (χ2n) is 7.14. The second-order valence-corrected chi connectivity index (χ2v) is 7.57. The lowest BCUT2D eigenvalue weighted by atomic mass is 9.98.